The standard InChI is InChI=1S/C13H17N3O3S/c14-9-11-4-2-1-3-10(11)5-7-20(16,19)8-6-12(15)13(17)18/h1-4,12,16H,5-8,15H2,(H,17,18)/t12-,20?/m0/s1. The molecule has 1 aromatic rings. The van der Waals surface area contributed by atoms with Crippen LogP contribution in [0.2, 0.25) is 0 Å². The lowest BCUT2D eigenvalue weighted by Gasteiger charge is -2.10. The van der Waals surface area contributed by atoms with Crippen LogP contribution in [0.25, 0.3) is 0 Å². The normalized spacial score (nSPS) is 15.0. The summed E-state index contributed by atoms with van der Waals surface area (Å²) >= 11 is 0. The number of hydrogen-bond donors (Lipinski definition) is 3. The second-order valence-corrected chi connectivity index (χ2v) is 6.91. The molecule has 0 heterocycles. The van der Waals surface area contributed by atoms with E-state index in [1.807, 2.05) is 6.07 Å². The van der Waals surface area contributed by atoms with Gasteiger partial charge in [0.1, 0.15) is 6.04 Å². The fourth-order valence-electron chi connectivity index (χ4n) is 1.67. The number of nitrogens with zero attached hydrogens (tertiary/aromatic N) is 1. The van der Waals surface area contributed by atoms with Crippen LogP contribution in [0.1, 0.15) is 17.5 Å². The fraction of sp³-hybridized carbons (Fsp3) is 0.385. The maximum Gasteiger partial charge on any atom is 0.320 e. The number of rotatable bonds is 7. The molecule has 4 N–H and O–H groups in total. The first kappa shape index (κ1) is 16.1. The zero-order valence-electron chi connectivity index (χ0n) is 10.9. The number of carboxylic acids is 1. The molecule has 0 aliphatic heterocycles. The van der Waals surface area contributed by atoms with Crippen molar-refractivity contribution in [2.45, 2.75) is 18.9 Å². The Kier molecular flexibility index (Phi) is 5.67. The summed E-state index contributed by atoms with van der Waals surface area (Å²) in [7, 11) is -2.89. The lowest BCUT2D eigenvalue weighted by molar-refractivity contribution is -0.138. The van der Waals surface area contributed by atoms with Crippen LogP contribution in [-0.2, 0) is 20.9 Å². The topological polar surface area (TPSA) is 128 Å². The predicted molar refractivity (Wildman–Crippen MR) is 75.7 cm³/mol. The molecule has 0 aliphatic carbocycles. The minimum Gasteiger partial charge on any atom is -0.480 e. The summed E-state index contributed by atoms with van der Waals surface area (Å²) in [5.41, 5.74) is 6.58. The van der Waals surface area contributed by atoms with Crippen molar-refractivity contribution in [3.63, 3.8) is 0 Å². The van der Waals surface area contributed by atoms with Gasteiger partial charge in [-0.15, -0.1) is 0 Å². The average molecular weight is 295 g/mol. The van der Waals surface area contributed by atoms with Crippen LogP contribution >= 0.6 is 0 Å². The largest absolute Gasteiger partial charge is 0.480 e. The summed E-state index contributed by atoms with van der Waals surface area (Å²) in [4.78, 5) is 10.6. The van der Waals surface area contributed by atoms with E-state index in [-0.39, 0.29) is 17.9 Å². The Labute approximate surface area is 118 Å². The number of benzene rings is 1. The Morgan fingerprint density at radius 1 is 1.45 bits per heavy atom. The van der Waals surface area contributed by atoms with Crippen LogP contribution in [0.15, 0.2) is 24.3 Å². The third-order valence-corrected chi connectivity index (χ3v) is 4.67. The third-order valence-electron chi connectivity index (χ3n) is 2.91. The van der Waals surface area contributed by atoms with Crippen LogP contribution in [0.5, 0.6) is 0 Å². The molecule has 1 unspecified atom stereocenters. The lowest BCUT2D eigenvalue weighted by atomic mass is 10.1. The van der Waals surface area contributed by atoms with Crippen molar-refractivity contribution in [1.29, 1.82) is 10.0 Å². The molecule has 1 rings (SSSR count). The van der Waals surface area contributed by atoms with Crippen molar-refractivity contribution in [2.24, 2.45) is 5.73 Å². The maximum atomic E-state index is 12.0. The Morgan fingerprint density at radius 2 is 2.10 bits per heavy atom. The van der Waals surface area contributed by atoms with Gasteiger partial charge in [-0.25, -0.2) is 4.21 Å². The van der Waals surface area contributed by atoms with Crippen molar-refractivity contribution in [3.8, 4) is 6.07 Å². The van der Waals surface area contributed by atoms with Gasteiger partial charge in [0, 0.05) is 21.2 Å². The molecule has 6 nitrogen and oxygen atoms in total. The number of carbonyl (C=O) groups is 1. The van der Waals surface area contributed by atoms with E-state index in [1.165, 1.54) is 0 Å². The van der Waals surface area contributed by atoms with E-state index >= 15 is 0 Å². The van der Waals surface area contributed by atoms with E-state index in [2.05, 4.69) is 0 Å². The van der Waals surface area contributed by atoms with Gasteiger partial charge in [0.25, 0.3) is 0 Å². The van der Waals surface area contributed by atoms with E-state index in [4.69, 9.17) is 20.9 Å². The molecule has 0 amide bonds. The Morgan fingerprint density at radius 3 is 2.70 bits per heavy atom. The maximum absolute atomic E-state index is 12.0. The highest BCUT2D eigenvalue weighted by atomic mass is 32.2. The first-order chi connectivity index (χ1) is 9.35. The monoisotopic (exact) mass is 295 g/mol. The molecule has 0 spiro atoms. The van der Waals surface area contributed by atoms with Gasteiger partial charge in [-0.05, 0) is 24.5 Å². The second-order valence-electron chi connectivity index (χ2n) is 4.47. The van der Waals surface area contributed by atoms with Crippen LogP contribution < -0.4 is 5.73 Å². The molecule has 0 saturated heterocycles. The molecule has 1 aromatic carbocycles. The number of aryl methyl sites for hydroxylation is 1. The number of nitrogens with one attached hydrogen (secondary N) is 1. The molecular formula is C13H17N3O3S. The summed E-state index contributed by atoms with van der Waals surface area (Å²) in [5, 5.41) is 17.6. The Balaban J connectivity index is 2.60. The van der Waals surface area contributed by atoms with Crippen molar-refractivity contribution in [2.75, 3.05) is 11.5 Å². The van der Waals surface area contributed by atoms with E-state index in [0.29, 0.717) is 12.0 Å². The second kappa shape index (κ2) is 7.03. The zero-order chi connectivity index (χ0) is 15.2. The van der Waals surface area contributed by atoms with Gasteiger partial charge in [0.05, 0.1) is 11.6 Å². The van der Waals surface area contributed by atoms with Crippen LogP contribution in [0, 0.1) is 16.1 Å². The number of nitrogens with two attached hydrogens (primary N) is 1. The van der Waals surface area contributed by atoms with Gasteiger partial charge in [-0.3, -0.25) is 9.57 Å². The number of hydrogen-bond acceptors (Lipinski definition) is 5. The molecule has 0 aliphatic rings. The summed E-state index contributed by atoms with van der Waals surface area (Å²) in [6.07, 6.45) is 0.367. The van der Waals surface area contributed by atoms with Crippen LogP contribution in [-0.4, -0.2) is 32.8 Å². The van der Waals surface area contributed by atoms with Crippen molar-refractivity contribution in [1.82, 2.24) is 0 Å². The summed E-state index contributed by atoms with van der Waals surface area (Å²) in [6, 6.07) is 7.91. The lowest BCUT2D eigenvalue weighted by Crippen LogP contribution is -2.32. The van der Waals surface area contributed by atoms with E-state index in [9.17, 15) is 9.00 Å². The smallest absolute Gasteiger partial charge is 0.320 e. The van der Waals surface area contributed by atoms with Crippen molar-refractivity contribution >= 4 is 15.7 Å². The fourth-order valence-corrected chi connectivity index (χ4v) is 3.05. The Hall–Kier alpha value is -1.91. The predicted octanol–water partition coefficient (Wildman–Crippen LogP) is 0.950. The number of aliphatic carboxylic acids is 1. The van der Waals surface area contributed by atoms with Gasteiger partial charge in [-0.1, -0.05) is 18.2 Å². The Bertz CT molecular complexity index is 620. The molecule has 0 radical (unpaired) electrons. The molecule has 0 saturated carbocycles. The molecule has 108 valence electrons. The van der Waals surface area contributed by atoms with Crippen molar-refractivity contribution < 1.29 is 14.1 Å². The van der Waals surface area contributed by atoms with E-state index < -0.39 is 21.7 Å². The van der Waals surface area contributed by atoms with Crippen molar-refractivity contribution in [3.05, 3.63) is 35.4 Å². The zero-order valence-corrected chi connectivity index (χ0v) is 11.7. The van der Waals surface area contributed by atoms with E-state index in [1.54, 1.807) is 24.3 Å². The molecule has 2 atom stereocenters. The van der Waals surface area contributed by atoms with Gasteiger partial charge < -0.3 is 10.8 Å². The van der Waals surface area contributed by atoms with Gasteiger partial charge >= 0.3 is 5.97 Å². The molecule has 0 aromatic heterocycles. The number of carboxylic acid groups (broad SMARTS) is 1. The quantitative estimate of drug-likeness (QED) is 0.690. The highest BCUT2D eigenvalue weighted by molar-refractivity contribution is 7.92. The first-order valence-electron chi connectivity index (χ1n) is 6.06. The molecule has 0 bridgehead atoms. The van der Waals surface area contributed by atoms with Crippen LogP contribution in [0.3, 0.4) is 0 Å². The highest BCUT2D eigenvalue weighted by Crippen LogP contribution is 2.10. The van der Waals surface area contributed by atoms with E-state index in [0.717, 1.165) is 5.56 Å². The molecular weight excluding hydrogens is 278 g/mol. The minimum atomic E-state index is -2.89. The highest BCUT2D eigenvalue weighted by Gasteiger charge is 2.15. The SMILES string of the molecule is N#Cc1ccccc1CCS(=N)(=O)CC[C@H](N)C(=O)O. The van der Waals surface area contributed by atoms with Gasteiger partial charge in [0.15, 0.2) is 0 Å². The molecule has 7 heteroatoms. The van der Waals surface area contributed by atoms with Crippen LogP contribution in [0.4, 0.5) is 0 Å². The number of nitriles is 1. The minimum absolute atomic E-state index is 0.0115. The summed E-state index contributed by atoms with van der Waals surface area (Å²) in [5.74, 6) is -1.11. The summed E-state index contributed by atoms with van der Waals surface area (Å²) in [6.45, 7) is 0. The first-order valence-corrected chi connectivity index (χ1v) is 7.96. The van der Waals surface area contributed by atoms with Gasteiger partial charge in [-0.2, -0.15) is 5.26 Å². The average Bonchev–Trinajstić information content (AvgIpc) is 2.43. The molecule has 0 fully saturated rings. The van der Waals surface area contributed by atoms with Gasteiger partial charge in [0.2, 0.25) is 0 Å². The molecule has 20 heavy (non-hydrogen) atoms. The summed E-state index contributed by atoms with van der Waals surface area (Å²) < 4.78 is 19.8. The third kappa shape index (κ3) is 4.99.